The molecule has 0 aliphatic carbocycles. The van der Waals surface area contributed by atoms with Crippen LogP contribution in [0.5, 0.6) is 0 Å². The van der Waals surface area contributed by atoms with Gasteiger partial charge in [-0.05, 0) is 0 Å². The maximum atomic E-state index is 10.5. The third-order valence-corrected chi connectivity index (χ3v) is 2.19. The first-order chi connectivity index (χ1) is 5.24. The van der Waals surface area contributed by atoms with E-state index in [-0.39, 0.29) is 6.04 Å². The molecule has 0 bridgehead atoms. The molecule has 1 heterocycles. The van der Waals surface area contributed by atoms with Crippen LogP contribution >= 0.6 is 12.6 Å². The van der Waals surface area contributed by atoms with Gasteiger partial charge >= 0.3 is 6.09 Å². The number of piperazine rings is 1. The van der Waals surface area contributed by atoms with Crippen molar-refractivity contribution in [1.29, 1.82) is 0 Å². The van der Waals surface area contributed by atoms with Gasteiger partial charge in [-0.3, -0.25) is 0 Å². The van der Waals surface area contributed by atoms with E-state index in [1.807, 2.05) is 0 Å². The summed E-state index contributed by atoms with van der Waals surface area (Å²) in [6.07, 6.45) is -0.835. The fourth-order valence-electron chi connectivity index (χ4n) is 1.12. The van der Waals surface area contributed by atoms with Crippen LogP contribution in [0.25, 0.3) is 0 Å². The Labute approximate surface area is 71.0 Å². The Hall–Kier alpha value is -0.420. The highest BCUT2D eigenvalue weighted by Crippen LogP contribution is 2.00. The second-order valence-electron chi connectivity index (χ2n) is 2.56. The van der Waals surface area contributed by atoms with Gasteiger partial charge in [-0.2, -0.15) is 12.6 Å². The first-order valence-corrected chi connectivity index (χ1v) is 4.19. The minimum absolute atomic E-state index is 0.211. The van der Waals surface area contributed by atoms with Crippen molar-refractivity contribution in [2.75, 3.05) is 25.4 Å². The smallest absolute Gasteiger partial charge is 0.407 e. The minimum atomic E-state index is -0.835. The monoisotopic (exact) mass is 176 g/mol. The van der Waals surface area contributed by atoms with Gasteiger partial charge in [-0.1, -0.05) is 0 Å². The van der Waals surface area contributed by atoms with Gasteiger partial charge in [0.05, 0.1) is 0 Å². The largest absolute Gasteiger partial charge is 0.465 e. The van der Waals surface area contributed by atoms with Crippen molar-refractivity contribution in [3.8, 4) is 0 Å². The minimum Gasteiger partial charge on any atom is -0.465 e. The van der Waals surface area contributed by atoms with Crippen molar-refractivity contribution in [3.05, 3.63) is 0 Å². The molecule has 0 aromatic rings. The van der Waals surface area contributed by atoms with E-state index in [9.17, 15) is 4.79 Å². The van der Waals surface area contributed by atoms with Crippen molar-refractivity contribution in [2.24, 2.45) is 0 Å². The van der Waals surface area contributed by atoms with Gasteiger partial charge in [0, 0.05) is 31.4 Å². The first-order valence-electron chi connectivity index (χ1n) is 3.56. The second-order valence-corrected chi connectivity index (χ2v) is 2.93. The number of carbonyl (C=O) groups is 1. The molecule has 64 valence electrons. The van der Waals surface area contributed by atoms with Gasteiger partial charge < -0.3 is 15.3 Å². The van der Waals surface area contributed by atoms with E-state index >= 15 is 0 Å². The Balaban J connectivity index is 2.39. The van der Waals surface area contributed by atoms with Gasteiger partial charge in [0.1, 0.15) is 0 Å². The predicted molar refractivity (Wildman–Crippen MR) is 45.2 cm³/mol. The highest BCUT2D eigenvalue weighted by molar-refractivity contribution is 7.80. The lowest BCUT2D eigenvalue weighted by atomic mass is 10.2. The molecule has 1 unspecified atom stereocenters. The summed E-state index contributed by atoms with van der Waals surface area (Å²) in [4.78, 5) is 11.9. The molecule has 5 heteroatoms. The summed E-state index contributed by atoms with van der Waals surface area (Å²) in [6.45, 7) is 1.87. The maximum absolute atomic E-state index is 10.5. The number of amides is 1. The average Bonchev–Trinajstić information content (AvgIpc) is 2.05. The van der Waals surface area contributed by atoms with Crippen LogP contribution in [0.2, 0.25) is 0 Å². The number of nitrogens with zero attached hydrogens (tertiary/aromatic N) is 1. The van der Waals surface area contributed by atoms with Gasteiger partial charge in [-0.25, -0.2) is 4.79 Å². The summed E-state index contributed by atoms with van der Waals surface area (Å²) < 4.78 is 0. The molecule has 1 aliphatic heterocycles. The van der Waals surface area contributed by atoms with Crippen molar-refractivity contribution in [2.45, 2.75) is 6.04 Å². The van der Waals surface area contributed by atoms with Crippen molar-refractivity contribution >= 4 is 18.7 Å². The molecule has 1 atom stereocenters. The Morgan fingerprint density at radius 1 is 1.82 bits per heavy atom. The number of rotatable bonds is 1. The highest BCUT2D eigenvalue weighted by Gasteiger charge is 2.20. The van der Waals surface area contributed by atoms with Crippen molar-refractivity contribution in [1.82, 2.24) is 10.2 Å². The number of hydrogen-bond donors (Lipinski definition) is 3. The molecular weight excluding hydrogens is 164 g/mol. The molecule has 0 spiro atoms. The van der Waals surface area contributed by atoms with Crippen LogP contribution in [0.4, 0.5) is 4.79 Å². The second kappa shape index (κ2) is 3.82. The number of thiol groups is 1. The molecule has 1 saturated heterocycles. The van der Waals surface area contributed by atoms with Crippen LogP contribution in [0.1, 0.15) is 0 Å². The fraction of sp³-hybridized carbons (Fsp3) is 0.833. The van der Waals surface area contributed by atoms with Gasteiger partial charge in [0.25, 0.3) is 0 Å². The Morgan fingerprint density at radius 2 is 2.55 bits per heavy atom. The summed E-state index contributed by atoms with van der Waals surface area (Å²) in [5, 5.41) is 11.8. The van der Waals surface area contributed by atoms with E-state index in [1.165, 1.54) is 4.90 Å². The molecule has 1 aliphatic rings. The molecule has 1 amide bonds. The van der Waals surface area contributed by atoms with Gasteiger partial charge in [0.15, 0.2) is 0 Å². The van der Waals surface area contributed by atoms with Crippen LogP contribution in [0.3, 0.4) is 0 Å². The molecule has 4 nitrogen and oxygen atoms in total. The van der Waals surface area contributed by atoms with E-state index < -0.39 is 6.09 Å². The third kappa shape index (κ3) is 2.27. The van der Waals surface area contributed by atoms with Crippen LogP contribution in [-0.2, 0) is 0 Å². The van der Waals surface area contributed by atoms with Crippen LogP contribution in [0, 0.1) is 0 Å². The van der Waals surface area contributed by atoms with E-state index in [4.69, 9.17) is 5.11 Å². The molecule has 0 radical (unpaired) electrons. The SMILES string of the molecule is O=C(O)N1CCNC(CS)C1. The van der Waals surface area contributed by atoms with Crippen molar-refractivity contribution in [3.63, 3.8) is 0 Å². The predicted octanol–water partition coefficient (Wildman–Crippen LogP) is -0.132. The van der Waals surface area contributed by atoms with E-state index in [0.717, 1.165) is 6.54 Å². The lowest BCUT2D eigenvalue weighted by Crippen LogP contribution is -2.53. The number of carboxylic acid groups (broad SMARTS) is 1. The topological polar surface area (TPSA) is 52.6 Å². The van der Waals surface area contributed by atoms with E-state index in [1.54, 1.807) is 0 Å². The normalized spacial score (nSPS) is 25.2. The first kappa shape index (κ1) is 8.67. The van der Waals surface area contributed by atoms with Crippen molar-refractivity contribution < 1.29 is 9.90 Å². The molecule has 0 aromatic heterocycles. The molecular formula is C6H12N2O2S. The standard InChI is InChI=1S/C6H12N2O2S/c9-6(10)8-2-1-7-5(3-8)4-11/h5,7,11H,1-4H2,(H,9,10). The zero-order chi connectivity index (χ0) is 8.27. The van der Waals surface area contributed by atoms with Gasteiger partial charge in [-0.15, -0.1) is 0 Å². The summed E-state index contributed by atoms with van der Waals surface area (Å²) in [5.41, 5.74) is 0. The Bertz CT molecular complexity index is 154. The average molecular weight is 176 g/mol. The molecule has 1 fully saturated rings. The van der Waals surface area contributed by atoms with E-state index in [0.29, 0.717) is 18.8 Å². The molecule has 1 rings (SSSR count). The highest BCUT2D eigenvalue weighted by atomic mass is 32.1. The number of hydrogen-bond acceptors (Lipinski definition) is 3. The Kier molecular flexibility index (Phi) is 3.02. The summed E-state index contributed by atoms with van der Waals surface area (Å²) in [6, 6.07) is 0.211. The number of nitrogens with one attached hydrogen (secondary N) is 1. The van der Waals surface area contributed by atoms with E-state index in [2.05, 4.69) is 17.9 Å². The maximum Gasteiger partial charge on any atom is 0.407 e. The zero-order valence-corrected chi connectivity index (χ0v) is 7.05. The Morgan fingerprint density at radius 3 is 3.09 bits per heavy atom. The fourth-order valence-corrected chi connectivity index (χ4v) is 1.37. The zero-order valence-electron chi connectivity index (χ0n) is 6.16. The van der Waals surface area contributed by atoms with Crippen LogP contribution in [-0.4, -0.2) is 47.5 Å². The molecule has 0 saturated carbocycles. The summed E-state index contributed by atoms with van der Waals surface area (Å²) in [5.74, 6) is 0.684. The lowest BCUT2D eigenvalue weighted by molar-refractivity contribution is 0.131. The van der Waals surface area contributed by atoms with Gasteiger partial charge in [0.2, 0.25) is 0 Å². The lowest BCUT2D eigenvalue weighted by Gasteiger charge is -2.30. The molecule has 0 aromatic carbocycles. The van der Waals surface area contributed by atoms with Crippen LogP contribution < -0.4 is 5.32 Å². The summed E-state index contributed by atoms with van der Waals surface area (Å²) >= 11 is 4.09. The molecule has 11 heavy (non-hydrogen) atoms. The third-order valence-electron chi connectivity index (χ3n) is 1.75. The summed E-state index contributed by atoms with van der Waals surface area (Å²) in [7, 11) is 0. The molecule has 2 N–H and O–H groups in total. The van der Waals surface area contributed by atoms with Crippen LogP contribution in [0.15, 0.2) is 0 Å². The quantitative estimate of drug-likeness (QED) is 0.488.